The zero-order valence-electron chi connectivity index (χ0n) is 10.3. The second kappa shape index (κ2) is 6.05. The van der Waals surface area contributed by atoms with Gasteiger partial charge >= 0.3 is 0 Å². The Labute approximate surface area is 100 Å². The molecule has 2 atom stereocenters. The van der Waals surface area contributed by atoms with E-state index in [0.717, 1.165) is 5.56 Å². The standard InChI is InChI=1S/C13H18F3N/c1-8(2)12(17-9(3)13(15)16)10-4-6-11(14)7-5-10/h4-9,12-13,17H,1-3H3. The smallest absolute Gasteiger partial charge is 0.253 e. The average molecular weight is 245 g/mol. The van der Waals surface area contributed by atoms with Crippen molar-refractivity contribution in [3.63, 3.8) is 0 Å². The van der Waals surface area contributed by atoms with Gasteiger partial charge in [0.1, 0.15) is 5.82 Å². The van der Waals surface area contributed by atoms with Gasteiger partial charge in [-0.2, -0.15) is 0 Å². The van der Waals surface area contributed by atoms with Gasteiger partial charge in [-0.1, -0.05) is 26.0 Å². The molecular weight excluding hydrogens is 227 g/mol. The van der Waals surface area contributed by atoms with Gasteiger partial charge in [0, 0.05) is 6.04 Å². The zero-order valence-corrected chi connectivity index (χ0v) is 10.3. The van der Waals surface area contributed by atoms with Crippen LogP contribution < -0.4 is 5.32 Å². The molecule has 0 bridgehead atoms. The third-order valence-electron chi connectivity index (χ3n) is 2.72. The van der Waals surface area contributed by atoms with Crippen molar-refractivity contribution in [2.45, 2.75) is 39.3 Å². The van der Waals surface area contributed by atoms with Crippen molar-refractivity contribution in [3.8, 4) is 0 Å². The van der Waals surface area contributed by atoms with E-state index in [-0.39, 0.29) is 17.8 Å². The Morgan fingerprint density at radius 2 is 1.53 bits per heavy atom. The Hall–Kier alpha value is -1.03. The fourth-order valence-corrected chi connectivity index (χ4v) is 1.70. The van der Waals surface area contributed by atoms with Crippen molar-refractivity contribution in [3.05, 3.63) is 35.6 Å². The monoisotopic (exact) mass is 245 g/mol. The van der Waals surface area contributed by atoms with Gasteiger partial charge < -0.3 is 5.32 Å². The van der Waals surface area contributed by atoms with Crippen molar-refractivity contribution < 1.29 is 13.2 Å². The van der Waals surface area contributed by atoms with Crippen LogP contribution in [0.1, 0.15) is 32.4 Å². The molecule has 0 aliphatic carbocycles. The van der Waals surface area contributed by atoms with Crippen LogP contribution in [0.25, 0.3) is 0 Å². The van der Waals surface area contributed by atoms with Gasteiger partial charge in [0.25, 0.3) is 6.43 Å². The largest absolute Gasteiger partial charge is 0.302 e. The molecule has 0 amide bonds. The fraction of sp³-hybridized carbons (Fsp3) is 0.538. The SMILES string of the molecule is CC(C)C(NC(C)C(F)F)c1ccc(F)cc1. The minimum Gasteiger partial charge on any atom is -0.302 e. The van der Waals surface area contributed by atoms with E-state index in [1.54, 1.807) is 12.1 Å². The molecule has 1 N–H and O–H groups in total. The number of nitrogens with one attached hydrogen (secondary N) is 1. The normalized spacial score (nSPS) is 15.3. The molecule has 4 heteroatoms. The third-order valence-corrected chi connectivity index (χ3v) is 2.72. The quantitative estimate of drug-likeness (QED) is 0.832. The van der Waals surface area contributed by atoms with Gasteiger partial charge in [0.05, 0.1) is 6.04 Å². The third kappa shape index (κ3) is 4.04. The molecule has 0 aromatic heterocycles. The molecule has 0 fully saturated rings. The topological polar surface area (TPSA) is 12.0 Å². The summed E-state index contributed by atoms with van der Waals surface area (Å²) in [4.78, 5) is 0. The van der Waals surface area contributed by atoms with Gasteiger partial charge in [-0.15, -0.1) is 0 Å². The average Bonchev–Trinajstić information content (AvgIpc) is 2.26. The fourth-order valence-electron chi connectivity index (χ4n) is 1.70. The lowest BCUT2D eigenvalue weighted by Crippen LogP contribution is -2.38. The minimum atomic E-state index is -2.41. The van der Waals surface area contributed by atoms with Crippen LogP contribution in [0.3, 0.4) is 0 Å². The van der Waals surface area contributed by atoms with E-state index in [4.69, 9.17) is 0 Å². The van der Waals surface area contributed by atoms with E-state index in [9.17, 15) is 13.2 Å². The highest BCUT2D eigenvalue weighted by atomic mass is 19.3. The Kier molecular flexibility index (Phi) is 5.00. The number of alkyl halides is 2. The lowest BCUT2D eigenvalue weighted by Gasteiger charge is -2.26. The van der Waals surface area contributed by atoms with E-state index in [0.29, 0.717) is 0 Å². The molecule has 1 aromatic carbocycles. The number of rotatable bonds is 5. The van der Waals surface area contributed by atoms with Gasteiger partial charge in [-0.25, -0.2) is 13.2 Å². The molecular formula is C13H18F3N. The van der Waals surface area contributed by atoms with Crippen LogP contribution in [0.2, 0.25) is 0 Å². The molecule has 2 unspecified atom stereocenters. The van der Waals surface area contributed by atoms with Gasteiger partial charge in [-0.05, 0) is 30.5 Å². The molecule has 0 saturated carbocycles. The van der Waals surface area contributed by atoms with E-state index in [1.807, 2.05) is 13.8 Å². The maximum absolute atomic E-state index is 12.8. The summed E-state index contributed by atoms with van der Waals surface area (Å²) in [5, 5.41) is 2.88. The Balaban J connectivity index is 2.82. The number of hydrogen-bond acceptors (Lipinski definition) is 1. The summed E-state index contributed by atoms with van der Waals surface area (Å²) in [5.74, 6) is -0.167. The number of hydrogen-bond donors (Lipinski definition) is 1. The first-order valence-corrected chi connectivity index (χ1v) is 5.71. The van der Waals surface area contributed by atoms with Crippen LogP contribution in [0.4, 0.5) is 13.2 Å². The summed E-state index contributed by atoms with van der Waals surface area (Å²) in [7, 11) is 0. The minimum absolute atomic E-state index is 0.154. The lowest BCUT2D eigenvalue weighted by atomic mass is 9.95. The van der Waals surface area contributed by atoms with E-state index in [2.05, 4.69) is 5.32 Å². The molecule has 0 spiro atoms. The second-order valence-electron chi connectivity index (χ2n) is 4.56. The summed E-state index contributed by atoms with van der Waals surface area (Å²) in [6.07, 6.45) is -2.41. The molecule has 1 aromatic rings. The molecule has 0 radical (unpaired) electrons. The van der Waals surface area contributed by atoms with Crippen molar-refractivity contribution in [1.29, 1.82) is 0 Å². The molecule has 0 saturated heterocycles. The maximum Gasteiger partial charge on any atom is 0.253 e. The highest BCUT2D eigenvalue weighted by Crippen LogP contribution is 2.23. The van der Waals surface area contributed by atoms with Gasteiger partial charge in [-0.3, -0.25) is 0 Å². The summed E-state index contributed by atoms with van der Waals surface area (Å²) in [5.41, 5.74) is 0.828. The molecule has 17 heavy (non-hydrogen) atoms. The Bertz CT molecular complexity index is 335. The molecule has 96 valence electrons. The number of halogens is 3. The Morgan fingerprint density at radius 1 is 1.00 bits per heavy atom. The van der Waals surface area contributed by atoms with Crippen molar-refractivity contribution in [2.24, 2.45) is 5.92 Å². The summed E-state index contributed by atoms with van der Waals surface area (Å²) in [6, 6.07) is 4.88. The van der Waals surface area contributed by atoms with Crippen LogP contribution in [0.15, 0.2) is 24.3 Å². The number of benzene rings is 1. The van der Waals surface area contributed by atoms with Crippen LogP contribution in [0.5, 0.6) is 0 Å². The highest BCUT2D eigenvalue weighted by molar-refractivity contribution is 5.20. The first kappa shape index (κ1) is 14.0. The highest BCUT2D eigenvalue weighted by Gasteiger charge is 2.22. The maximum atomic E-state index is 12.8. The molecule has 0 aliphatic rings. The van der Waals surface area contributed by atoms with Gasteiger partial charge in [0.15, 0.2) is 0 Å². The molecule has 1 nitrogen and oxygen atoms in total. The predicted molar refractivity (Wildman–Crippen MR) is 62.6 cm³/mol. The molecule has 0 heterocycles. The van der Waals surface area contributed by atoms with E-state index < -0.39 is 12.5 Å². The molecule has 1 rings (SSSR count). The summed E-state index contributed by atoms with van der Waals surface area (Å²) < 4.78 is 37.8. The Morgan fingerprint density at radius 3 is 1.94 bits per heavy atom. The van der Waals surface area contributed by atoms with Crippen LogP contribution in [-0.4, -0.2) is 12.5 Å². The van der Waals surface area contributed by atoms with Crippen molar-refractivity contribution >= 4 is 0 Å². The second-order valence-corrected chi connectivity index (χ2v) is 4.56. The summed E-state index contributed by atoms with van der Waals surface area (Å²) >= 11 is 0. The molecule has 0 aliphatic heterocycles. The van der Waals surface area contributed by atoms with Crippen molar-refractivity contribution in [1.82, 2.24) is 5.32 Å². The van der Waals surface area contributed by atoms with Crippen LogP contribution in [0, 0.1) is 11.7 Å². The van der Waals surface area contributed by atoms with Crippen LogP contribution >= 0.6 is 0 Å². The van der Waals surface area contributed by atoms with Gasteiger partial charge in [0.2, 0.25) is 0 Å². The summed E-state index contributed by atoms with van der Waals surface area (Å²) in [6.45, 7) is 5.34. The lowest BCUT2D eigenvalue weighted by molar-refractivity contribution is 0.0958. The van der Waals surface area contributed by atoms with E-state index in [1.165, 1.54) is 19.1 Å². The van der Waals surface area contributed by atoms with E-state index >= 15 is 0 Å². The van der Waals surface area contributed by atoms with Crippen molar-refractivity contribution in [2.75, 3.05) is 0 Å². The predicted octanol–water partition coefficient (Wildman–Crippen LogP) is 3.77. The first-order valence-electron chi connectivity index (χ1n) is 5.71. The zero-order chi connectivity index (χ0) is 13.0. The first-order chi connectivity index (χ1) is 7.91. The van der Waals surface area contributed by atoms with Crippen LogP contribution in [-0.2, 0) is 0 Å².